The van der Waals surface area contributed by atoms with Gasteiger partial charge in [-0.05, 0) is 47.0 Å². The van der Waals surface area contributed by atoms with Crippen molar-refractivity contribution in [2.24, 2.45) is 0 Å². The minimum absolute atomic E-state index is 0.0453. The minimum atomic E-state index is 0.0453. The fourth-order valence-electron chi connectivity index (χ4n) is 2.90. The second-order valence-electron chi connectivity index (χ2n) is 6.09. The van der Waals surface area contributed by atoms with Gasteiger partial charge in [-0.3, -0.25) is 4.79 Å². The Morgan fingerprint density at radius 3 is 2.73 bits per heavy atom. The molecule has 1 amide bonds. The van der Waals surface area contributed by atoms with Crippen LogP contribution in [0, 0.1) is 0 Å². The van der Waals surface area contributed by atoms with Crippen molar-refractivity contribution in [1.82, 2.24) is 5.32 Å². The molecule has 1 aliphatic heterocycles. The molecule has 0 radical (unpaired) electrons. The number of amides is 1. The third kappa shape index (κ3) is 3.94. The van der Waals surface area contributed by atoms with E-state index in [2.05, 4.69) is 35.6 Å². The summed E-state index contributed by atoms with van der Waals surface area (Å²) in [5.41, 5.74) is 1.12. The van der Waals surface area contributed by atoms with E-state index < -0.39 is 0 Å². The van der Waals surface area contributed by atoms with Crippen LogP contribution in [0.2, 0.25) is 0 Å². The molecule has 0 saturated carbocycles. The molecule has 0 atom stereocenters. The van der Waals surface area contributed by atoms with Crippen molar-refractivity contribution in [2.75, 3.05) is 19.1 Å². The van der Waals surface area contributed by atoms with E-state index >= 15 is 0 Å². The van der Waals surface area contributed by atoms with Gasteiger partial charge >= 0.3 is 0 Å². The zero-order valence-electron chi connectivity index (χ0n) is 14.2. The van der Waals surface area contributed by atoms with Crippen LogP contribution in [-0.4, -0.2) is 25.0 Å². The fraction of sp³-hybridized carbons (Fsp3) is 0.190. The Balaban J connectivity index is 1.24. The minimum Gasteiger partial charge on any atom is -0.454 e. The predicted octanol–water partition coefficient (Wildman–Crippen LogP) is 4.02. The Kier molecular flexibility index (Phi) is 4.97. The number of rotatable bonds is 6. The largest absolute Gasteiger partial charge is 0.454 e. The van der Waals surface area contributed by atoms with Crippen LogP contribution in [0.15, 0.2) is 65.6 Å². The van der Waals surface area contributed by atoms with Crippen molar-refractivity contribution in [3.8, 4) is 11.5 Å². The number of benzene rings is 3. The van der Waals surface area contributed by atoms with Gasteiger partial charge in [-0.25, -0.2) is 0 Å². The summed E-state index contributed by atoms with van der Waals surface area (Å²) in [6, 6.07) is 20.4. The predicted molar refractivity (Wildman–Crippen MR) is 104 cm³/mol. The number of ether oxygens (including phenoxy) is 2. The number of thioether (sulfide) groups is 1. The summed E-state index contributed by atoms with van der Waals surface area (Å²) in [5.74, 6) is 2.02. The average Bonchev–Trinajstić information content (AvgIpc) is 3.14. The first kappa shape index (κ1) is 16.8. The van der Waals surface area contributed by atoms with Gasteiger partial charge < -0.3 is 14.8 Å². The normalized spacial score (nSPS) is 12.3. The van der Waals surface area contributed by atoms with Crippen molar-refractivity contribution in [3.63, 3.8) is 0 Å². The molecule has 0 fully saturated rings. The molecule has 4 nitrogen and oxygen atoms in total. The molecule has 1 aliphatic rings. The molecule has 3 aromatic rings. The number of carbonyl (C=O) groups excluding carboxylic acids is 1. The molecule has 0 aliphatic carbocycles. The van der Waals surface area contributed by atoms with Gasteiger partial charge in [-0.1, -0.05) is 36.4 Å². The first-order chi connectivity index (χ1) is 12.8. The molecule has 5 heteroatoms. The van der Waals surface area contributed by atoms with Gasteiger partial charge in [0.15, 0.2) is 11.5 Å². The molecule has 26 heavy (non-hydrogen) atoms. The highest BCUT2D eigenvalue weighted by Crippen LogP contribution is 2.32. The third-order valence-electron chi connectivity index (χ3n) is 4.26. The lowest BCUT2D eigenvalue weighted by molar-refractivity contribution is -0.118. The third-order valence-corrected chi connectivity index (χ3v) is 5.26. The Labute approximate surface area is 156 Å². The second kappa shape index (κ2) is 7.70. The Morgan fingerprint density at radius 1 is 0.962 bits per heavy atom. The lowest BCUT2D eigenvalue weighted by Crippen LogP contribution is -2.27. The summed E-state index contributed by atoms with van der Waals surface area (Å²) in [5, 5.41) is 5.38. The van der Waals surface area contributed by atoms with Gasteiger partial charge in [0.05, 0.1) is 5.75 Å². The molecule has 1 heterocycles. The van der Waals surface area contributed by atoms with Crippen LogP contribution in [0.3, 0.4) is 0 Å². The van der Waals surface area contributed by atoms with Gasteiger partial charge in [0, 0.05) is 11.4 Å². The van der Waals surface area contributed by atoms with E-state index in [-0.39, 0.29) is 12.7 Å². The van der Waals surface area contributed by atoms with Gasteiger partial charge in [0.25, 0.3) is 0 Å². The lowest BCUT2D eigenvalue weighted by Gasteiger charge is -2.07. The highest BCUT2D eigenvalue weighted by molar-refractivity contribution is 8.00. The topological polar surface area (TPSA) is 47.6 Å². The van der Waals surface area contributed by atoms with E-state index in [4.69, 9.17) is 9.47 Å². The summed E-state index contributed by atoms with van der Waals surface area (Å²) in [7, 11) is 0. The molecule has 1 N–H and O–H groups in total. The molecule has 0 aromatic heterocycles. The van der Waals surface area contributed by atoms with Gasteiger partial charge in [0.1, 0.15) is 0 Å². The number of carbonyl (C=O) groups is 1. The van der Waals surface area contributed by atoms with E-state index in [0.717, 1.165) is 28.4 Å². The van der Waals surface area contributed by atoms with Crippen LogP contribution in [-0.2, 0) is 11.2 Å². The van der Waals surface area contributed by atoms with Crippen LogP contribution in [0.1, 0.15) is 5.56 Å². The number of fused-ring (bicyclic) bond motifs is 2. The lowest BCUT2D eigenvalue weighted by atomic mass is 10.1. The SMILES string of the molecule is O=C(CSc1ccc2ccccc2c1)NCCc1ccc2c(c1)OCO2. The van der Waals surface area contributed by atoms with Crippen molar-refractivity contribution in [3.05, 3.63) is 66.2 Å². The van der Waals surface area contributed by atoms with Gasteiger partial charge in [-0.15, -0.1) is 11.8 Å². The zero-order chi connectivity index (χ0) is 17.8. The second-order valence-corrected chi connectivity index (χ2v) is 7.13. The maximum atomic E-state index is 12.1. The van der Waals surface area contributed by atoms with Crippen molar-refractivity contribution >= 4 is 28.4 Å². The van der Waals surface area contributed by atoms with Crippen molar-refractivity contribution < 1.29 is 14.3 Å². The fourth-order valence-corrected chi connectivity index (χ4v) is 3.67. The van der Waals surface area contributed by atoms with E-state index in [9.17, 15) is 4.79 Å². The number of hydrogen-bond donors (Lipinski definition) is 1. The van der Waals surface area contributed by atoms with E-state index in [1.165, 1.54) is 10.8 Å². The number of nitrogens with one attached hydrogen (secondary N) is 1. The van der Waals surface area contributed by atoms with E-state index in [0.29, 0.717) is 12.3 Å². The van der Waals surface area contributed by atoms with Crippen LogP contribution >= 0.6 is 11.8 Å². The Hall–Kier alpha value is -2.66. The molecule has 0 saturated heterocycles. The van der Waals surface area contributed by atoms with Crippen molar-refractivity contribution in [2.45, 2.75) is 11.3 Å². The molecule has 0 unspecified atom stereocenters. The van der Waals surface area contributed by atoms with Crippen LogP contribution in [0.5, 0.6) is 11.5 Å². The molecule has 132 valence electrons. The highest BCUT2D eigenvalue weighted by Gasteiger charge is 2.13. The molecule has 4 rings (SSSR count). The quantitative estimate of drug-likeness (QED) is 0.670. The summed E-state index contributed by atoms with van der Waals surface area (Å²) in [4.78, 5) is 13.2. The molecular formula is C21H19NO3S. The monoisotopic (exact) mass is 365 g/mol. The summed E-state index contributed by atoms with van der Waals surface area (Å²) >= 11 is 1.56. The summed E-state index contributed by atoms with van der Waals surface area (Å²) in [6.45, 7) is 0.887. The van der Waals surface area contributed by atoms with E-state index in [1.807, 2.05) is 30.3 Å². The van der Waals surface area contributed by atoms with E-state index in [1.54, 1.807) is 11.8 Å². The smallest absolute Gasteiger partial charge is 0.231 e. The molecule has 0 bridgehead atoms. The van der Waals surface area contributed by atoms with Gasteiger partial charge in [0.2, 0.25) is 12.7 Å². The maximum Gasteiger partial charge on any atom is 0.231 e. The number of hydrogen-bond acceptors (Lipinski definition) is 4. The molecule has 0 spiro atoms. The first-order valence-corrected chi connectivity index (χ1v) is 9.53. The van der Waals surface area contributed by atoms with Crippen LogP contribution < -0.4 is 14.8 Å². The Morgan fingerprint density at radius 2 is 1.81 bits per heavy atom. The van der Waals surface area contributed by atoms with Gasteiger partial charge in [-0.2, -0.15) is 0 Å². The summed E-state index contributed by atoms with van der Waals surface area (Å²) in [6.07, 6.45) is 0.767. The summed E-state index contributed by atoms with van der Waals surface area (Å²) < 4.78 is 10.7. The first-order valence-electron chi connectivity index (χ1n) is 8.55. The van der Waals surface area contributed by atoms with Crippen molar-refractivity contribution in [1.29, 1.82) is 0 Å². The molecular weight excluding hydrogens is 346 g/mol. The average molecular weight is 365 g/mol. The standard InChI is InChI=1S/C21H19NO3S/c23-21(13-26-18-7-6-16-3-1-2-4-17(16)12-18)22-10-9-15-5-8-19-20(11-15)25-14-24-19/h1-8,11-12H,9-10,13-14H2,(H,22,23). The highest BCUT2D eigenvalue weighted by atomic mass is 32.2. The zero-order valence-corrected chi connectivity index (χ0v) is 15.1. The van der Waals surface area contributed by atoms with Crippen LogP contribution in [0.4, 0.5) is 0 Å². The Bertz CT molecular complexity index is 941. The van der Waals surface area contributed by atoms with Crippen LogP contribution in [0.25, 0.3) is 10.8 Å². The molecule has 3 aromatic carbocycles. The maximum absolute atomic E-state index is 12.1.